The Morgan fingerprint density at radius 2 is 2.28 bits per heavy atom. The Kier molecular flexibility index (Phi) is 4.04. The molecule has 3 N–H and O–H groups in total. The van der Waals surface area contributed by atoms with Crippen LogP contribution in [0.3, 0.4) is 0 Å². The first-order chi connectivity index (χ1) is 8.69. The topological polar surface area (TPSA) is 60.2 Å². The third-order valence-electron chi connectivity index (χ3n) is 2.62. The molecule has 2 aromatic heterocycles. The number of nitrogens with two attached hydrogens (primary N) is 1. The lowest BCUT2D eigenvalue weighted by Gasteiger charge is -2.15. The maximum atomic E-state index is 5.89. The van der Waals surface area contributed by atoms with Gasteiger partial charge in [-0.3, -0.25) is 0 Å². The standard InChI is InChI=1S/C13H17N3OS/c1-9(7-10-5-6-18-8-10)15-13-11(14)3-4-12(16-13)17-2/h3-6,8-9H,7,14H2,1-2H3,(H,15,16). The molecule has 0 aliphatic heterocycles. The lowest BCUT2D eigenvalue weighted by molar-refractivity contribution is 0.398. The average molecular weight is 263 g/mol. The summed E-state index contributed by atoms with van der Waals surface area (Å²) in [5, 5.41) is 7.55. The maximum Gasteiger partial charge on any atom is 0.215 e. The molecule has 1 unspecified atom stereocenters. The van der Waals surface area contributed by atoms with Gasteiger partial charge in [0, 0.05) is 12.1 Å². The van der Waals surface area contributed by atoms with E-state index in [1.54, 1.807) is 30.6 Å². The molecule has 0 amide bonds. The molecule has 2 aromatic rings. The highest BCUT2D eigenvalue weighted by atomic mass is 32.1. The van der Waals surface area contributed by atoms with Gasteiger partial charge in [-0.25, -0.2) is 0 Å². The second kappa shape index (κ2) is 5.73. The van der Waals surface area contributed by atoms with Crippen LogP contribution in [0.5, 0.6) is 5.88 Å². The lowest BCUT2D eigenvalue weighted by Crippen LogP contribution is -2.19. The van der Waals surface area contributed by atoms with Crippen LogP contribution in [0.25, 0.3) is 0 Å². The summed E-state index contributed by atoms with van der Waals surface area (Å²) in [6.45, 7) is 2.11. The van der Waals surface area contributed by atoms with Crippen LogP contribution in [0.4, 0.5) is 11.5 Å². The van der Waals surface area contributed by atoms with Gasteiger partial charge >= 0.3 is 0 Å². The number of rotatable bonds is 5. The Hall–Kier alpha value is -1.75. The fourth-order valence-corrected chi connectivity index (χ4v) is 2.41. The van der Waals surface area contributed by atoms with Crippen LogP contribution in [0.1, 0.15) is 12.5 Å². The number of hydrogen-bond donors (Lipinski definition) is 2. The van der Waals surface area contributed by atoms with Crippen molar-refractivity contribution in [3.63, 3.8) is 0 Å². The molecule has 0 saturated heterocycles. The molecule has 0 spiro atoms. The van der Waals surface area contributed by atoms with Crippen LogP contribution < -0.4 is 15.8 Å². The molecule has 2 rings (SSSR count). The third-order valence-corrected chi connectivity index (χ3v) is 3.35. The highest BCUT2D eigenvalue weighted by Crippen LogP contribution is 2.21. The summed E-state index contributed by atoms with van der Waals surface area (Å²) >= 11 is 1.71. The summed E-state index contributed by atoms with van der Waals surface area (Å²) < 4.78 is 5.09. The van der Waals surface area contributed by atoms with E-state index in [1.807, 2.05) is 0 Å². The van der Waals surface area contributed by atoms with E-state index in [-0.39, 0.29) is 6.04 Å². The number of methoxy groups -OCH3 is 1. The molecule has 0 aromatic carbocycles. The zero-order valence-corrected chi connectivity index (χ0v) is 11.3. The van der Waals surface area contributed by atoms with Crippen molar-refractivity contribution in [3.8, 4) is 5.88 Å². The second-order valence-electron chi connectivity index (χ2n) is 4.17. The molecule has 0 aliphatic rings. The van der Waals surface area contributed by atoms with Crippen LogP contribution in [0.15, 0.2) is 29.0 Å². The van der Waals surface area contributed by atoms with Gasteiger partial charge in [0.25, 0.3) is 0 Å². The normalized spacial score (nSPS) is 12.1. The van der Waals surface area contributed by atoms with E-state index in [0.717, 1.165) is 6.42 Å². The van der Waals surface area contributed by atoms with Gasteiger partial charge in [-0.2, -0.15) is 16.3 Å². The van der Waals surface area contributed by atoms with E-state index < -0.39 is 0 Å². The largest absolute Gasteiger partial charge is 0.481 e. The highest BCUT2D eigenvalue weighted by Gasteiger charge is 2.08. The van der Waals surface area contributed by atoms with Gasteiger partial charge in [-0.05, 0) is 41.8 Å². The van der Waals surface area contributed by atoms with Gasteiger partial charge in [-0.1, -0.05) is 0 Å². The highest BCUT2D eigenvalue weighted by molar-refractivity contribution is 7.07. The molecule has 1 atom stereocenters. The minimum atomic E-state index is 0.265. The quantitative estimate of drug-likeness (QED) is 0.871. The van der Waals surface area contributed by atoms with E-state index in [1.165, 1.54) is 5.56 Å². The summed E-state index contributed by atoms with van der Waals surface area (Å²) in [5.74, 6) is 1.24. The number of hydrogen-bond acceptors (Lipinski definition) is 5. The second-order valence-corrected chi connectivity index (χ2v) is 4.95. The molecule has 0 radical (unpaired) electrons. The van der Waals surface area contributed by atoms with Crippen LogP contribution >= 0.6 is 11.3 Å². The number of aromatic nitrogens is 1. The van der Waals surface area contributed by atoms with E-state index in [9.17, 15) is 0 Å². The molecular weight excluding hydrogens is 246 g/mol. The zero-order valence-electron chi connectivity index (χ0n) is 10.5. The summed E-state index contributed by atoms with van der Waals surface area (Å²) in [7, 11) is 1.59. The van der Waals surface area contributed by atoms with Gasteiger partial charge in [0.15, 0.2) is 5.82 Å². The zero-order chi connectivity index (χ0) is 13.0. The van der Waals surface area contributed by atoms with Crippen molar-refractivity contribution in [3.05, 3.63) is 34.5 Å². The predicted molar refractivity (Wildman–Crippen MR) is 76.3 cm³/mol. The number of nitrogens with zero attached hydrogens (tertiary/aromatic N) is 1. The monoisotopic (exact) mass is 263 g/mol. The number of nitrogens with one attached hydrogen (secondary N) is 1. The molecule has 2 heterocycles. The van der Waals surface area contributed by atoms with Crippen molar-refractivity contribution in [1.82, 2.24) is 4.98 Å². The number of ether oxygens (including phenoxy) is 1. The minimum absolute atomic E-state index is 0.265. The first kappa shape index (κ1) is 12.7. The summed E-state index contributed by atoms with van der Waals surface area (Å²) in [6, 6.07) is 5.95. The van der Waals surface area contributed by atoms with Crippen LogP contribution in [0, 0.1) is 0 Å². The van der Waals surface area contributed by atoms with Crippen molar-refractivity contribution in [2.24, 2.45) is 0 Å². The SMILES string of the molecule is COc1ccc(N)c(NC(C)Cc2ccsc2)n1. The molecule has 4 nitrogen and oxygen atoms in total. The van der Waals surface area contributed by atoms with E-state index in [2.05, 4.69) is 34.1 Å². The van der Waals surface area contributed by atoms with Gasteiger partial charge in [0.1, 0.15) is 0 Å². The molecule has 0 aliphatic carbocycles. The fraction of sp³-hybridized carbons (Fsp3) is 0.308. The van der Waals surface area contributed by atoms with E-state index in [0.29, 0.717) is 17.4 Å². The van der Waals surface area contributed by atoms with Crippen molar-refractivity contribution in [2.75, 3.05) is 18.2 Å². The molecule has 96 valence electrons. The smallest absolute Gasteiger partial charge is 0.215 e. The lowest BCUT2D eigenvalue weighted by atomic mass is 10.1. The van der Waals surface area contributed by atoms with Gasteiger partial charge < -0.3 is 15.8 Å². The van der Waals surface area contributed by atoms with Gasteiger partial charge in [0.2, 0.25) is 5.88 Å². The Bertz CT molecular complexity index is 499. The van der Waals surface area contributed by atoms with Crippen molar-refractivity contribution in [2.45, 2.75) is 19.4 Å². The number of nitrogen functional groups attached to an aromatic ring is 1. The van der Waals surface area contributed by atoms with Crippen molar-refractivity contribution >= 4 is 22.8 Å². The van der Waals surface area contributed by atoms with Crippen molar-refractivity contribution in [1.29, 1.82) is 0 Å². The van der Waals surface area contributed by atoms with Crippen LogP contribution in [-0.4, -0.2) is 18.1 Å². The molecule has 18 heavy (non-hydrogen) atoms. The molecule has 0 fully saturated rings. The third kappa shape index (κ3) is 3.13. The predicted octanol–water partition coefficient (Wildman–Crippen LogP) is 2.78. The Morgan fingerprint density at radius 1 is 1.44 bits per heavy atom. The molecule has 0 bridgehead atoms. The number of pyridine rings is 1. The first-order valence-electron chi connectivity index (χ1n) is 5.77. The maximum absolute atomic E-state index is 5.89. The summed E-state index contributed by atoms with van der Waals surface area (Å²) in [6.07, 6.45) is 0.946. The fourth-order valence-electron chi connectivity index (χ4n) is 1.73. The summed E-state index contributed by atoms with van der Waals surface area (Å²) in [5.41, 5.74) is 7.84. The Balaban J connectivity index is 2.04. The minimum Gasteiger partial charge on any atom is -0.481 e. The van der Waals surface area contributed by atoms with Crippen LogP contribution in [-0.2, 0) is 6.42 Å². The van der Waals surface area contributed by atoms with E-state index in [4.69, 9.17) is 10.5 Å². The first-order valence-corrected chi connectivity index (χ1v) is 6.71. The van der Waals surface area contributed by atoms with Crippen molar-refractivity contribution < 1.29 is 4.74 Å². The Labute approximate surface area is 111 Å². The Morgan fingerprint density at radius 3 is 2.94 bits per heavy atom. The van der Waals surface area contributed by atoms with Gasteiger partial charge in [0.05, 0.1) is 12.8 Å². The number of thiophene rings is 1. The molecule has 0 saturated carbocycles. The van der Waals surface area contributed by atoms with Gasteiger partial charge in [-0.15, -0.1) is 0 Å². The molecular formula is C13H17N3OS. The average Bonchev–Trinajstić information content (AvgIpc) is 2.84. The van der Waals surface area contributed by atoms with Crippen LogP contribution in [0.2, 0.25) is 0 Å². The summed E-state index contributed by atoms with van der Waals surface area (Å²) in [4.78, 5) is 4.30. The van der Waals surface area contributed by atoms with E-state index >= 15 is 0 Å². The molecule has 5 heteroatoms. The number of anilines is 2.